The standard InChI is InChI=1S/C13H18ClNO3/c1-2-6-13(8-16,9-17)15-12(18)10-4-3-5-11(14)7-10/h3-5,7,16-17H,2,6,8-9H2,1H3,(H,15,18). The third-order valence-electron chi connectivity index (χ3n) is 2.80. The van der Waals surface area contributed by atoms with Crippen LogP contribution in [-0.4, -0.2) is 34.9 Å². The molecule has 1 rings (SSSR count). The second kappa shape index (κ2) is 6.73. The molecule has 0 unspecified atom stereocenters. The number of nitrogens with one attached hydrogen (secondary N) is 1. The molecule has 0 saturated carbocycles. The molecule has 100 valence electrons. The van der Waals surface area contributed by atoms with Crippen LogP contribution in [0.2, 0.25) is 5.02 Å². The van der Waals surface area contributed by atoms with Gasteiger partial charge in [0.25, 0.3) is 5.91 Å². The molecule has 0 spiro atoms. The van der Waals surface area contributed by atoms with Crippen molar-refractivity contribution in [3.63, 3.8) is 0 Å². The molecule has 1 amide bonds. The van der Waals surface area contributed by atoms with Crippen LogP contribution in [0.3, 0.4) is 0 Å². The Morgan fingerprint density at radius 1 is 1.39 bits per heavy atom. The first kappa shape index (κ1) is 15.0. The van der Waals surface area contributed by atoms with Gasteiger partial charge in [-0.3, -0.25) is 4.79 Å². The maximum absolute atomic E-state index is 12.0. The summed E-state index contributed by atoms with van der Waals surface area (Å²) in [6.07, 6.45) is 1.25. The molecule has 0 radical (unpaired) electrons. The number of hydrogen-bond donors (Lipinski definition) is 3. The van der Waals surface area contributed by atoms with Gasteiger partial charge in [0, 0.05) is 10.6 Å². The highest BCUT2D eigenvalue weighted by Gasteiger charge is 2.29. The third kappa shape index (κ3) is 3.70. The Bertz CT molecular complexity index is 405. The molecule has 1 aromatic rings. The zero-order valence-corrected chi connectivity index (χ0v) is 11.1. The average molecular weight is 272 g/mol. The zero-order chi connectivity index (χ0) is 13.6. The summed E-state index contributed by atoms with van der Waals surface area (Å²) in [5, 5.41) is 21.9. The van der Waals surface area contributed by atoms with Gasteiger partial charge in [-0.2, -0.15) is 0 Å². The molecule has 0 atom stereocenters. The van der Waals surface area contributed by atoms with E-state index in [4.69, 9.17) is 11.6 Å². The fraction of sp³-hybridized carbons (Fsp3) is 0.462. The van der Waals surface area contributed by atoms with Crippen LogP contribution in [0.15, 0.2) is 24.3 Å². The minimum atomic E-state index is -0.978. The Morgan fingerprint density at radius 2 is 2.06 bits per heavy atom. The predicted octanol–water partition coefficient (Wildman–Crippen LogP) is 1.59. The minimum absolute atomic E-state index is 0.302. The Hall–Kier alpha value is -1.10. The maximum atomic E-state index is 12.0. The van der Waals surface area contributed by atoms with E-state index in [2.05, 4.69) is 5.32 Å². The lowest BCUT2D eigenvalue weighted by Crippen LogP contribution is -2.54. The maximum Gasteiger partial charge on any atom is 0.251 e. The summed E-state index contributed by atoms with van der Waals surface area (Å²) in [5.74, 6) is -0.353. The van der Waals surface area contributed by atoms with Gasteiger partial charge in [-0.15, -0.1) is 0 Å². The van der Waals surface area contributed by atoms with Gasteiger partial charge in [-0.05, 0) is 24.6 Å². The number of hydrogen-bond acceptors (Lipinski definition) is 3. The third-order valence-corrected chi connectivity index (χ3v) is 3.03. The molecular weight excluding hydrogens is 254 g/mol. The van der Waals surface area contributed by atoms with E-state index in [1.54, 1.807) is 24.3 Å². The second-order valence-corrected chi connectivity index (χ2v) is 4.75. The lowest BCUT2D eigenvalue weighted by molar-refractivity contribution is 0.0632. The van der Waals surface area contributed by atoms with Crippen LogP contribution in [0.4, 0.5) is 0 Å². The normalized spacial score (nSPS) is 11.3. The number of carbonyl (C=O) groups excluding carboxylic acids is 1. The van der Waals surface area contributed by atoms with E-state index in [1.165, 1.54) is 0 Å². The van der Waals surface area contributed by atoms with Crippen LogP contribution in [0.5, 0.6) is 0 Å². The Balaban J connectivity index is 2.84. The minimum Gasteiger partial charge on any atom is -0.394 e. The highest BCUT2D eigenvalue weighted by molar-refractivity contribution is 6.30. The van der Waals surface area contributed by atoms with Crippen molar-refractivity contribution in [2.75, 3.05) is 13.2 Å². The summed E-state index contributed by atoms with van der Waals surface area (Å²) in [4.78, 5) is 12.0. The predicted molar refractivity (Wildman–Crippen MR) is 70.7 cm³/mol. The van der Waals surface area contributed by atoms with Gasteiger partial charge in [0.1, 0.15) is 0 Å². The van der Waals surface area contributed by atoms with E-state index in [9.17, 15) is 15.0 Å². The Morgan fingerprint density at radius 3 is 2.56 bits per heavy atom. The first-order chi connectivity index (χ1) is 8.56. The fourth-order valence-corrected chi connectivity index (χ4v) is 1.96. The van der Waals surface area contributed by atoms with Crippen LogP contribution in [0.1, 0.15) is 30.1 Å². The van der Waals surface area contributed by atoms with E-state index in [1.807, 2.05) is 6.92 Å². The number of aliphatic hydroxyl groups excluding tert-OH is 2. The van der Waals surface area contributed by atoms with Gasteiger partial charge in [-0.25, -0.2) is 0 Å². The van der Waals surface area contributed by atoms with Gasteiger partial charge in [0.2, 0.25) is 0 Å². The van der Waals surface area contributed by atoms with Gasteiger partial charge in [0.15, 0.2) is 0 Å². The van der Waals surface area contributed by atoms with Gasteiger partial charge < -0.3 is 15.5 Å². The summed E-state index contributed by atoms with van der Waals surface area (Å²) < 4.78 is 0. The molecule has 5 heteroatoms. The first-order valence-corrected chi connectivity index (χ1v) is 6.24. The highest BCUT2D eigenvalue weighted by Crippen LogP contribution is 2.15. The van der Waals surface area contributed by atoms with Gasteiger partial charge >= 0.3 is 0 Å². The van der Waals surface area contributed by atoms with Crippen molar-refractivity contribution < 1.29 is 15.0 Å². The van der Waals surface area contributed by atoms with Crippen LogP contribution < -0.4 is 5.32 Å². The van der Waals surface area contributed by atoms with Crippen molar-refractivity contribution in [2.45, 2.75) is 25.3 Å². The largest absolute Gasteiger partial charge is 0.394 e. The molecule has 0 fully saturated rings. The lowest BCUT2D eigenvalue weighted by Gasteiger charge is -2.30. The lowest BCUT2D eigenvalue weighted by atomic mass is 9.95. The van der Waals surface area contributed by atoms with Crippen molar-refractivity contribution >= 4 is 17.5 Å². The van der Waals surface area contributed by atoms with Crippen LogP contribution in [-0.2, 0) is 0 Å². The molecule has 4 nitrogen and oxygen atoms in total. The molecule has 3 N–H and O–H groups in total. The fourth-order valence-electron chi connectivity index (χ4n) is 1.77. The summed E-state index contributed by atoms with van der Waals surface area (Å²) >= 11 is 5.81. The van der Waals surface area contributed by atoms with E-state index in [-0.39, 0.29) is 19.1 Å². The van der Waals surface area contributed by atoms with E-state index in [0.717, 1.165) is 6.42 Å². The monoisotopic (exact) mass is 271 g/mol. The van der Waals surface area contributed by atoms with E-state index in [0.29, 0.717) is 17.0 Å². The van der Waals surface area contributed by atoms with E-state index < -0.39 is 5.54 Å². The van der Waals surface area contributed by atoms with Crippen molar-refractivity contribution in [1.82, 2.24) is 5.32 Å². The number of rotatable bonds is 6. The summed E-state index contributed by atoms with van der Waals surface area (Å²) in [5.41, 5.74) is -0.571. The summed E-state index contributed by atoms with van der Waals surface area (Å²) in [7, 11) is 0. The van der Waals surface area contributed by atoms with Crippen LogP contribution in [0, 0.1) is 0 Å². The smallest absolute Gasteiger partial charge is 0.251 e. The van der Waals surface area contributed by atoms with Crippen molar-refractivity contribution in [3.05, 3.63) is 34.9 Å². The van der Waals surface area contributed by atoms with E-state index >= 15 is 0 Å². The molecule has 0 aliphatic rings. The van der Waals surface area contributed by atoms with Crippen molar-refractivity contribution in [1.29, 1.82) is 0 Å². The van der Waals surface area contributed by atoms with Crippen molar-refractivity contribution in [3.8, 4) is 0 Å². The SMILES string of the molecule is CCCC(CO)(CO)NC(=O)c1cccc(Cl)c1. The number of aliphatic hydroxyl groups is 2. The van der Waals surface area contributed by atoms with Gasteiger partial charge in [0.05, 0.1) is 18.8 Å². The number of benzene rings is 1. The molecule has 0 bridgehead atoms. The van der Waals surface area contributed by atoms with Crippen LogP contribution in [0.25, 0.3) is 0 Å². The zero-order valence-electron chi connectivity index (χ0n) is 10.3. The molecule has 1 aromatic carbocycles. The van der Waals surface area contributed by atoms with Gasteiger partial charge in [-0.1, -0.05) is 31.0 Å². The van der Waals surface area contributed by atoms with Crippen molar-refractivity contribution in [2.24, 2.45) is 0 Å². The highest BCUT2D eigenvalue weighted by atomic mass is 35.5. The average Bonchev–Trinajstić information content (AvgIpc) is 2.38. The summed E-state index contributed by atoms with van der Waals surface area (Å²) in [6.45, 7) is 1.32. The number of halogens is 1. The number of amides is 1. The number of carbonyl (C=O) groups is 1. The molecular formula is C13H18ClNO3. The second-order valence-electron chi connectivity index (χ2n) is 4.31. The Kier molecular flexibility index (Phi) is 5.59. The van der Waals surface area contributed by atoms with Crippen LogP contribution >= 0.6 is 11.6 Å². The molecule has 0 aromatic heterocycles. The molecule has 0 aliphatic carbocycles. The molecule has 0 aliphatic heterocycles. The Labute approximate surface area is 112 Å². The first-order valence-electron chi connectivity index (χ1n) is 5.86. The molecule has 18 heavy (non-hydrogen) atoms. The topological polar surface area (TPSA) is 69.6 Å². The molecule has 0 heterocycles. The summed E-state index contributed by atoms with van der Waals surface area (Å²) in [6, 6.07) is 6.53. The quantitative estimate of drug-likeness (QED) is 0.736. The molecule has 0 saturated heterocycles.